The Hall–Kier alpha value is -1.17. The van der Waals surface area contributed by atoms with Crippen molar-refractivity contribution in [3.05, 3.63) is 5.01 Å². The fourth-order valence-corrected chi connectivity index (χ4v) is 2.34. The molecule has 1 aliphatic rings. The molecule has 0 aliphatic heterocycles. The highest BCUT2D eigenvalue weighted by Crippen LogP contribution is 2.42. The summed E-state index contributed by atoms with van der Waals surface area (Å²) in [6, 6.07) is 0.115. The van der Waals surface area contributed by atoms with Gasteiger partial charge in [-0.15, -0.1) is 10.2 Å². The second kappa shape index (κ2) is 5.00. The van der Waals surface area contributed by atoms with Gasteiger partial charge in [0, 0.05) is 19.0 Å². The van der Waals surface area contributed by atoms with Crippen LogP contribution < -0.4 is 5.32 Å². The monoisotopic (exact) mass is 254 g/mol. The summed E-state index contributed by atoms with van der Waals surface area (Å²) >= 11 is 1.49. The molecule has 1 aromatic heterocycles. The second-order valence-corrected chi connectivity index (χ2v) is 5.53. The highest BCUT2D eigenvalue weighted by atomic mass is 32.1. The molecule has 0 radical (unpaired) electrons. The molecule has 2 rings (SSSR count). The van der Waals surface area contributed by atoms with Crippen LogP contribution in [0.25, 0.3) is 0 Å². The minimum atomic E-state index is -0.113. The lowest BCUT2D eigenvalue weighted by atomic mass is 10.2. The topological polar surface area (TPSA) is 58.1 Å². The maximum Gasteiger partial charge on any atom is 0.323 e. The first-order chi connectivity index (χ1) is 8.11. The number of urea groups is 1. The summed E-state index contributed by atoms with van der Waals surface area (Å²) in [6.45, 7) is 4.08. The number of rotatable bonds is 4. The molecule has 0 aromatic carbocycles. The minimum Gasteiger partial charge on any atom is -0.325 e. The van der Waals surface area contributed by atoms with Crippen molar-refractivity contribution in [1.82, 2.24) is 15.1 Å². The molecule has 0 bridgehead atoms. The van der Waals surface area contributed by atoms with Crippen molar-refractivity contribution in [3.63, 3.8) is 0 Å². The maximum atomic E-state index is 11.9. The zero-order chi connectivity index (χ0) is 12.4. The van der Waals surface area contributed by atoms with Crippen molar-refractivity contribution in [2.24, 2.45) is 0 Å². The number of hydrogen-bond acceptors (Lipinski definition) is 4. The highest BCUT2D eigenvalue weighted by molar-refractivity contribution is 7.15. The molecule has 0 spiro atoms. The Labute approximate surface area is 105 Å². The molecule has 17 heavy (non-hydrogen) atoms. The van der Waals surface area contributed by atoms with Crippen molar-refractivity contribution >= 4 is 22.5 Å². The SMILES string of the molecule is CCC(C)N(C)C(=O)Nc1nnc(C2CC2)s1. The smallest absolute Gasteiger partial charge is 0.323 e. The molecule has 2 amide bonds. The zero-order valence-corrected chi connectivity index (χ0v) is 11.3. The Morgan fingerprint density at radius 1 is 1.59 bits per heavy atom. The van der Waals surface area contributed by atoms with Gasteiger partial charge < -0.3 is 4.90 Å². The average Bonchev–Trinajstić information content (AvgIpc) is 3.08. The van der Waals surface area contributed by atoms with E-state index in [1.165, 1.54) is 24.2 Å². The Kier molecular flexibility index (Phi) is 3.61. The number of anilines is 1. The summed E-state index contributed by atoms with van der Waals surface area (Å²) in [6.07, 6.45) is 3.35. The van der Waals surface area contributed by atoms with E-state index >= 15 is 0 Å². The van der Waals surface area contributed by atoms with E-state index in [-0.39, 0.29) is 12.1 Å². The molecule has 1 atom stereocenters. The van der Waals surface area contributed by atoms with Crippen LogP contribution in [0.2, 0.25) is 0 Å². The fourth-order valence-electron chi connectivity index (χ4n) is 1.43. The summed E-state index contributed by atoms with van der Waals surface area (Å²) in [5.74, 6) is 0.588. The van der Waals surface area contributed by atoms with Gasteiger partial charge in [-0.3, -0.25) is 5.32 Å². The lowest BCUT2D eigenvalue weighted by Gasteiger charge is -2.23. The minimum absolute atomic E-state index is 0.113. The molecule has 1 heterocycles. The molecular formula is C11H18N4OS. The van der Waals surface area contributed by atoms with Gasteiger partial charge in [0.1, 0.15) is 5.01 Å². The van der Waals surface area contributed by atoms with Crippen LogP contribution in [0, 0.1) is 0 Å². The van der Waals surface area contributed by atoms with E-state index in [0.717, 1.165) is 11.4 Å². The second-order valence-electron chi connectivity index (χ2n) is 4.52. The van der Waals surface area contributed by atoms with Crippen molar-refractivity contribution in [2.75, 3.05) is 12.4 Å². The van der Waals surface area contributed by atoms with Crippen molar-refractivity contribution in [1.29, 1.82) is 0 Å². The predicted octanol–water partition coefficient (Wildman–Crippen LogP) is 2.68. The highest BCUT2D eigenvalue weighted by Gasteiger charge is 2.28. The number of carbonyl (C=O) groups is 1. The molecule has 1 N–H and O–H groups in total. The molecule has 1 fully saturated rings. The molecule has 1 aromatic rings. The van der Waals surface area contributed by atoms with Gasteiger partial charge in [0.25, 0.3) is 0 Å². The summed E-state index contributed by atoms with van der Waals surface area (Å²) in [4.78, 5) is 13.6. The van der Waals surface area contributed by atoms with Crippen LogP contribution in [0.15, 0.2) is 0 Å². The molecule has 1 unspecified atom stereocenters. The third-order valence-electron chi connectivity index (χ3n) is 3.15. The van der Waals surface area contributed by atoms with E-state index in [9.17, 15) is 4.79 Å². The van der Waals surface area contributed by atoms with Gasteiger partial charge in [-0.2, -0.15) is 0 Å². The Bertz CT molecular complexity index is 402. The van der Waals surface area contributed by atoms with Crippen LogP contribution in [0.4, 0.5) is 9.93 Å². The number of aromatic nitrogens is 2. The molecular weight excluding hydrogens is 236 g/mol. The molecule has 1 aliphatic carbocycles. The van der Waals surface area contributed by atoms with Crippen LogP contribution in [-0.2, 0) is 0 Å². The summed E-state index contributed by atoms with van der Waals surface area (Å²) < 4.78 is 0. The first kappa shape index (κ1) is 12.3. The molecule has 0 saturated heterocycles. The van der Waals surface area contributed by atoms with Gasteiger partial charge in [-0.1, -0.05) is 18.3 Å². The first-order valence-electron chi connectivity index (χ1n) is 5.99. The Balaban J connectivity index is 1.92. The van der Waals surface area contributed by atoms with E-state index in [1.807, 2.05) is 6.92 Å². The standard InChI is InChI=1S/C11H18N4OS/c1-4-7(2)15(3)11(16)12-10-14-13-9(17-10)8-5-6-8/h7-8H,4-6H2,1-3H3,(H,12,14,16). The molecule has 94 valence electrons. The number of hydrogen-bond donors (Lipinski definition) is 1. The van der Waals surface area contributed by atoms with Gasteiger partial charge in [-0.25, -0.2) is 4.79 Å². The van der Waals surface area contributed by atoms with Crippen molar-refractivity contribution < 1.29 is 4.79 Å². The molecule has 5 nitrogen and oxygen atoms in total. The maximum absolute atomic E-state index is 11.9. The van der Waals surface area contributed by atoms with Gasteiger partial charge in [0.15, 0.2) is 0 Å². The third-order valence-corrected chi connectivity index (χ3v) is 4.15. The zero-order valence-electron chi connectivity index (χ0n) is 10.4. The summed E-state index contributed by atoms with van der Waals surface area (Å²) in [5.41, 5.74) is 0. The third kappa shape index (κ3) is 2.94. The number of carbonyl (C=O) groups excluding carboxylic acids is 1. The number of nitrogens with one attached hydrogen (secondary N) is 1. The Morgan fingerprint density at radius 2 is 2.29 bits per heavy atom. The molecule has 1 saturated carbocycles. The first-order valence-corrected chi connectivity index (χ1v) is 6.80. The number of nitrogens with zero attached hydrogens (tertiary/aromatic N) is 3. The summed E-state index contributed by atoms with van der Waals surface area (Å²) in [7, 11) is 1.80. The quantitative estimate of drug-likeness (QED) is 0.898. The fraction of sp³-hybridized carbons (Fsp3) is 0.727. The Morgan fingerprint density at radius 3 is 2.88 bits per heavy atom. The van der Waals surface area contributed by atoms with Gasteiger partial charge in [0.2, 0.25) is 5.13 Å². The lowest BCUT2D eigenvalue weighted by molar-refractivity contribution is 0.206. The van der Waals surface area contributed by atoms with E-state index < -0.39 is 0 Å². The van der Waals surface area contributed by atoms with Crippen molar-refractivity contribution in [3.8, 4) is 0 Å². The largest absolute Gasteiger partial charge is 0.325 e. The van der Waals surface area contributed by atoms with Gasteiger partial charge in [0.05, 0.1) is 0 Å². The van der Waals surface area contributed by atoms with E-state index in [1.54, 1.807) is 11.9 Å². The lowest BCUT2D eigenvalue weighted by Crippen LogP contribution is -2.37. The van der Waals surface area contributed by atoms with Gasteiger partial charge in [-0.05, 0) is 26.2 Å². The van der Waals surface area contributed by atoms with Crippen LogP contribution in [0.3, 0.4) is 0 Å². The van der Waals surface area contributed by atoms with E-state index in [2.05, 4.69) is 22.4 Å². The van der Waals surface area contributed by atoms with Gasteiger partial charge >= 0.3 is 6.03 Å². The molecule has 6 heteroatoms. The average molecular weight is 254 g/mol. The van der Waals surface area contributed by atoms with Crippen molar-refractivity contribution in [2.45, 2.75) is 45.1 Å². The normalized spacial score (nSPS) is 16.6. The van der Waals surface area contributed by atoms with Crippen LogP contribution in [0.1, 0.15) is 44.0 Å². The van der Waals surface area contributed by atoms with Crippen LogP contribution in [0.5, 0.6) is 0 Å². The van der Waals surface area contributed by atoms with E-state index in [4.69, 9.17) is 0 Å². The summed E-state index contributed by atoms with van der Waals surface area (Å²) in [5, 5.41) is 12.5. The van der Waals surface area contributed by atoms with E-state index in [0.29, 0.717) is 11.0 Å². The predicted molar refractivity (Wildman–Crippen MR) is 68.4 cm³/mol. The van der Waals surface area contributed by atoms with Crippen LogP contribution >= 0.6 is 11.3 Å². The van der Waals surface area contributed by atoms with Crippen LogP contribution in [-0.4, -0.2) is 34.2 Å². The number of amides is 2.